The van der Waals surface area contributed by atoms with E-state index in [9.17, 15) is 9.90 Å². The van der Waals surface area contributed by atoms with Crippen LogP contribution in [0.15, 0.2) is 11.6 Å². The molecule has 3 saturated carbocycles. The lowest BCUT2D eigenvalue weighted by Gasteiger charge is -2.59. The molecule has 0 radical (unpaired) electrons. The van der Waals surface area contributed by atoms with E-state index in [-0.39, 0.29) is 30.9 Å². The molecular formula is C35H65Cl2N3O2. The third kappa shape index (κ3) is 8.01. The minimum Gasteiger partial charge on any atom is -0.465 e. The van der Waals surface area contributed by atoms with Crippen molar-refractivity contribution in [2.24, 2.45) is 63.7 Å². The molecule has 5 nitrogen and oxygen atoms in total. The average Bonchev–Trinajstić information content (AvgIpc) is 3.26. The molecule has 0 bridgehead atoms. The molecule has 0 saturated heterocycles. The largest absolute Gasteiger partial charge is 0.465 e. The van der Waals surface area contributed by atoms with Gasteiger partial charge in [0.05, 0.1) is 0 Å². The van der Waals surface area contributed by atoms with Gasteiger partial charge in [-0.25, -0.2) is 4.79 Å². The van der Waals surface area contributed by atoms with E-state index in [1.54, 1.807) is 10.5 Å². The smallest absolute Gasteiger partial charge is 0.407 e. The lowest BCUT2D eigenvalue weighted by Crippen LogP contribution is -2.51. The van der Waals surface area contributed by atoms with Crippen molar-refractivity contribution in [1.29, 1.82) is 0 Å². The first-order chi connectivity index (χ1) is 19.0. The zero-order chi connectivity index (χ0) is 29.1. The Bertz CT molecular complexity index is 884. The van der Waals surface area contributed by atoms with E-state index < -0.39 is 6.09 Å². The maximum Gasteiger partial charge on any atom is 0.407 e. The third-order valence-electron chi connectivity index (χ3n) is 12.8. The van der Waals surface area contributed by atoms with Crippen LogP contribution >= 0.6 is 24.8 Å². The van der Waals surface area contributed by atoms with Crippen molar-refractivity contribution in [3.8, 4) is 0 Å². The number of rotatable bonds is 13. The van der Waals surface area contributed by atoms with Crippen LogP contribution < -0.4 is 11.5 Å². The van der Waals surface area contributed by atoms with E-state index in [1.165, 1.54) is 64.2 Å². The molecule has 0 heterocycles. The summed E-state index contributed by atoms with van der Waals surface area (Å²) in [6, 6.07) is 0.0713. The lowest BCUT2D eigenvalue weighted by molar-refractivity contribution is -0.0534. The Balaban J connectivity index is 0.00000308. The summed E-state index contributed by atoms with van der Waals surface area (Å²) in [4.78, 5) is 13.3. The Morgan fingerprint density at radius 2 is 1.71 bits per heavy atom. The van der Waals surface area contributed by atoms with E-state index in [4.69, 9.17) is 11.5 Å². The van der Waals surface area contributed by atoms with Crippen LogP contribution in [0.2, 0.25) is 0 Å². The summed E-state index contributed by atoms with van der Waals surface area (Å²) in [5, 5.41) is 9.63. The van der Waals surface area contributed by atoms with Gasteiger partial charge in [0.2, 0.25) is 0 Å². The number of allylic oxidation sites excluding steroid dienone is 2. The zero-order valence-electron chi connectivity index (χ0n) is 27.5. The van der Waals surface area contributed by atoms with Crippen molar-refractivity contribution in [1.82, 2.24) is 4.90 Å². The van der Waals surface area contributed by atoms with E-state index in [0.29, 0.717) is 36.4 Å². The van der Waals surface area contributed by atoms with Crippen molar-refractivity contribution in [2.75, 3.05) is 19.6 Å². The highest BCUT2D eigenvalue weighted by Crippen LogP contribution is 2.67. The summed E-state index contributed by atoms with van der Waals surface area (Å²) in [6.45, 7) is 14.3. The Hall–Kier alpha value is -0.490. The van der Waals surface area contributed by atoms with Gasteiger partial charge in [-0.05, 0) is 129 Å². The molecule has 4 rings (SSSR count). The van der Waals surface area contributed by atoms with Crippen LogP contribution in [0.25, 0.3) is 0 Å². The second-order valence-corrected chi connectivity index (χ2v) is 15.5. The molecule has 3 fully saturated rings. The third-order valence-corrected chi connectivity index (χ3v) is 12.8. The molecule has 1 amide bonds. The van der Waals surface area contributed by atoms with Gasteiger partial charge in [-0.2, -0.15) is 0 Å². The summed E-state index contributed by atoms with van der Waals surface area (Å²) >= 11 is 0. The Morgan fingerprint density at radius 3 is 2.38 bits per heavy atom. The molecule has 1 unspecified atom stereocenters. The molecular weight excluding hydrogens is 565 g/mol. The Labute approximate surface area is 270 Å². The van der Waals surface area contributed by atoms with Gasteiger partial charge in [0.25, 0.3) is 0 Å². The number of hydrogen-bond acceptors (Lipinski definition) is 3. The fourth-order valence-corrected chi connectivity index (χ4v) is 10.4. The van der Waals surface area contributed by atoms with Crippen molar-refractivity contribution in [2.45, 2.75) is 131 Å². The fourth-order valence-electron chi connectivity index (χ4n) is 10.4. The predicted octanol–water partition coefficient (Wildman–Crippen LogP) is 8.92. The molecule has 4 aliphatic carbocycles. The lowest BCUT2D eigenvalue weighted by atomic mass is 9.46. The van der Waals surface area contributed by atoms with Crippen molar-refractivity contribution < 1.29 is 9.90 Å². The molecule has 0 aromatic rings. The standard InChI is InChI=1S/C35H63N3O2.2ClH/c1-24(2)9-8-10-25(3)29-13-14-30-28-12-11-27-23-26(15-18-34(27,4)31(28)16-19-35(29,30)5)32(37)17-22-38(33(39)40)21-7-6-20-36;;/h11,24-26,28-32H,6-10,12-23,36-37H2,1-5H3,(H,39,40);2*1H/t25-,26+,28+,29-,30+,31+,32?,34+,35-;;/m1../s1. The first-order valence-electron chi connectivity index (χ1n) is 17.1. The van der Waals surface area contributed by atoms with E-state index in [1.807, 2.05) is 0 Å². The summed E-state index contributed by atoms with van der Waals surface area (Å²) in [5.41, 5.74) is 14.9. The SMILES string of the molecule is CC(C)CCC[C@@H](C)[C@H]1CC[C@H]2[C@@H]3CC=C4C[C@@H](C(N)CCN(CCCCN)C(=O)O)CC[C@]4(C)[C@H]3CC[C@]12C.Cl.Cl. The number of carbonyl (C=O) groups is 1. The Kier molecular flexibility index (Phi) is 14.5. The van der Waals surface area contributed by atoms with Crippen molar-refractivity contribution >= 4 is 30.9 Å². The van der Waals surface area contributed by atoms with Gasteiger partial charge in [0, 0.05) is 19.1 Å². The number of hydrogen-bond donors (Lipinski definition) is 3. The van der Waals surface area contributed by atoms with Gasteiger partial charge in [-0.15, -0.1) is 24.8 Å². The van der Waals surface area contributed by atoms with E-state index in [2.05, 4.69) is 40.7 Å². The highest BCUT2D eigenvalue weighted by Gasteiger charge is 2.59. The molecule has 42 heavy (non-hydrogen) atoms. The number of nitrogens with two attached hydrogens (primary N) is 2. The van der Waals surface area contributed by atoms with Gasteiger partial charge in [0.1, 0.15) is 0 Å². The van der Waals surface area contributed by atoms with E-state index >= 15 is 0 Å². The van der Waals surface area contributed by atoms with Crippen LogP contribution in [-0.2, 0) is 0 Å². The second kappa shape index (κ2) is 16.2. The van der Waals surface area contributed by atoms with Crippen LogP contribution in [0, 0.1) is 52.3 Å². The highest BCUT2D eigenvalue weighted by atomic mass is 35.5. The molecule has 0 aromatic heterocycles. The molecule has 4 aliphatic rings. The fraction of sp³-hybridized carbons (Fsp3) is 0.914. The molecule has 0 aliphatic heterocycles. The normalized spacial score (nSPS) is 35.0. The molecule has 0 aromatic carbocycles. The van der Waals surface area contributed by atoms with Gasteiger partial charge >= 0.3 is 6.09 Å². The molecule has 5 N–H and O–H groups in total. The molecule has 246 valence electrons. The summed E-state index contributed by atoms with van der Waals surface area (Å²) in [5.74, 6) is 5.69. The molecule has 9 atom stereocenters. The number of carboxylic acid groups (broad SMARTS) is 1. The second-order valence-electron chi connectivity index (χ2n) is 15.5. The number of halogens is 2. The van der Waals surface area contributed by atoms with Crippen LogP contribution in [0.4, 0.5) is 4.79 Å². The van der Waals surface area contributed by atoms with Gasteiger partial charge in [-0.3, -0.25) is 0 Å². The predicted molar refractivity (Wildman–Crippen MR) is 182 cm³/mol. The first kappa shape index (κ1) is 37.7. The van der Waals surface area contributed by atoms with Crippen molar-refractivity contribution in [3.05, 3.63) is 11.6 Å². The summed E-state index contributed by atoms with van der Waals surface area (Å²) in [7, 11) is 0. The first-order valence-corrected chi connectivity index (χ1v) is 17.1. The van der Waals surface area contributed by atoms with E-state index in [0.717, 1.165) is 61.2 Å². The van der Waals surface area contributed by atoms with Gasteiger partial charge in [0.15, 0.2) is 0 Å². The van der Waals surface area contributed by atoms with Crippen LogP contribution in [0.5, 0.6) is 0 Å². The summed E-state index contributed by atoms with van der Waals surface area (Å²) < 4.78 is 0. The number of nitrogens with zero attached hydrogens (tertiary/aromatic N) is 1. The summed E-state index contributed by atoms with van der Waals surface area (Å²) in [6.07, 6.45) is 19.1. The quantitative estimate of drug-likeness (QED) is 0.140. The van der Waals surface area contributed by atoms with Gasteiger partial charge in [-0.1, -0.05) is 65.5 Å². The molecule has 7 heteroatoms. The minimum absolute atomic E-state index is 0. The number of unbranched alkanes of at least 4 members (excludes halogenated alkanes) is 1. The maximum atomic E-state index is 11.7. The molecule has 0 spiro atoms. The minimum atomic E-state index is -0.829. The monoisotopic (exact) mass is 629 g/mol. The average molecular weight is 631 g/mol. The Morgan fingerprint density at radius 1 is 0.976 bits per heavy atom. The number of fused-ring (bicyclic) bond motifs is 5. The van der Waals surface area contributed by atoms with Crippen LogP contribution in [0.3, 0.4) is 0 Å². The highest BCUT2D eigenvalue weighted by molar-refractivity contribution is 5.85. The zero-order valence-corrected chi connectivity index (χ0v) is 29.1. The van der Waals surface area contributed by atoms with Crippen LogP contribution in [-0.4, -0.2) is 41.8 Å². The maximum absolute atomic E-state index is 11.7. The topological polar surface area (TPSA) is 92.6 Å². The van der Waals surface area contributed by atoms with Crippen molar-refractivity contribution in [3.63, 3.8) is 0 Å². The van der Waals surface area contributed by atoms with Gasteiger partial charge < -0.3 is 21.5 Å². The number of amides is 1. The van der Waals surface area contributed by atoms with Crippen LogP contribution in [0.1, 0.15) is 125 Å².